The van der Waals surface area contributed by atoms with Crippen molar-refractivity contribution in [3.8, 4) is 0 Å². The highest BCUT2D eigenvalue weighted by atomic mass is 19.1. The highest BCUT2D eigenvalue weighted by molar-refractivity contribution is 5.21. The summed E-state index contributed by atoms with van der Waals surface area (Å²) >= 11 is 0. The number of halogens is 1. The molecule has 1 aliphatic heterocycles. The van der Waals surface area contributed by atoms with Crippen molar-refractivity contribution < 1.29 is 4.39 Å². The molecule has 21 heavy (non-hydrogen) atoms. The van der Waals surface area contributed by atoms with Gasteiger partial charge < -0.3 is 5.73 Å². The average Bonchev–Trinajstić information content (AvgIpc) is 2.50. The van der Waals surface area contributed by atoms with Crippen molar-refractivity contribution in [1.82, 2.24) is 14.9 Å². The van der Waals surface area contributed by atoms with E-state index < -0.39 is 0 Å². The minimum Gasteiger partial charge on any atom is -0.368 e. The van der Waals surface area contributed by atoms with Gasteiger partial charge in [0.15, 0.2) is 0 Å². The van der Waals surface area contributed by atoms with Gasteiger partial charge in [-0.05, 0) is 31.5 Å². The van der Waals surface area contributed by atoms with Gasteiger partial charge in [-0.25, -0.2) is 14.4 Å². The summed E-state index contributed by atoms with van der Waals surface area (Å²) in [6.07, 6.45) is 4.99. The van der Waals surface area contributed by atoms with E-state index in [2.05, 4.69) is 14.9 Å². The fourth-order valence-corrected chi connectivity index (χ4v) is 2.93. The van der Waals surface area contributed by atoms with Gasteiger partial charge >= 0.3 is 0 Å². The molecule has 0 spiro atoms. The molecule has 2 aromatic rings. The standard InChI is InChI=1S/C16H19FN4/c17-13-6-2-1-5-12(13)11-21-10-4-3-7-15(21)14-8-9-19-16(18)20-14/h1-2,5-6,8-9,15H,3-4,7,10-11H2,(H2,18,19,20)/t15-/m1/s1. The van der Waals surface area contributed by atoms with Gasteiger partial charge in [0.25, 0.3) is 0 Å². The predicted octanol–water partition coefficient (Wildman–Crippen LogP) is 2.93. The third kappa shape index (κ3) is 3.19. The van der Waals surface area contributed by atoms with Gasteiger partial charge in [-0.2, -0.15) is 0 Å². The van der Waals surface area contributed by atoms with Crippen LogP contribution in [0.15, 0.2) is 36.5 Å². The molecule has 110 valence electrons. The van der Waals surface area contributed by atoms with Gasteiger partial charge in [-0.15, -0.1) is 0 Å². The molecule has 1 aromatic carbocycles. The molecule has 1 fully saturated rings. The second-order valence-electron chi connectivity index (χ2n) is 5.41. The van der Waals surface area contributed by atoms with Crippen LogP contribution in [0.2, 0.25) is 0 Å². The number of anilines is 1. The number of piperidine rings is 1. The van der Waals surface area contributed by atoms with Crippen molar-refractivity contribution in [2.24, 2.45) is 0 Å². The van der Waals surface area contributed by atoms with Gasteiger partial charge in [-0.1, -0.05) is 24.6 Å². The smallest absolute Gasteiger partial charge is 0.220 e. The fourth-order valence-electron chi connectivity index (χ4n) is 2.93. The minimum absolute atomic E-state index is 0.149. The number of aromatic nitrogens is 2. The first-order valence-corrected chi connectivity index (χ1v) is 7.30. The van der Waals surface area contributed by atoms with Crippen molar-refractivity contribution in [3.05, 3.63) is 53.6 Å². The molecule has 1 saturated heterocycles. The summed E-state index contributed by atoms with van der Waals surface area (Å²) in [4.78, 5) is 10.6. The van der Waals surface area contributed by atoms with E-state index >= 15 is 0 Å². The van der Waals surface area contributed by atoms with Crippen LogP contribution in [0.3, 0.4) is 0 Å². The summed E-state index contributed by atoms with van der Waals surface area (Å²) in [7, 11) is 0. The quantitative estimate of drug-likeness (QED) is 0.942. The van der Waals surface area contributed by atoms with E-state index in [1.165, 1.54) is 6.07 Å². The summed E-state index contributed by atoms with van der Waals surface area (Å²) < 4.78 is 13.9. The Bertz CT molecular complexity index is 617. The van der Waals surface area contributed by atoms with Crippen LogP contribution in [0.4, 0.5) is 10.3 Å². The molecule has 0 unspecified atom stereocenters. The molecular formula is C16H19FN4. The molecule has 1 aliphatic rings. The Balaban J connectivity index is 1.83. The van der Waals surface area contributed by atoms with E-state index in [0.29, 0.717) is 12.5 Å². The maximum Gasteiger partial charge on any atom is 0.220 e. The van der Waals surface area contributed by atoms with Crippen LogP contribution >= 0.6 is 0 Å². The lowest BCUT2D eigenvalue weighted by Crippen LogP contribution is -2.33. The molecule has 0 bridgehead atoms. The first-order chi connectivity index (χ1) is 10.2. The van der Waals surface area contributed by atoms with E-state index in [4.69, 9.17) is 5.73 Å². The number of benzene rings is 1. The molecule has 2 N–H and O–H groups in total. The summed E-state index contributed by atoms with van der Waals surface area (Å²) in [5.74, 6) is 0.146. The van der Waals surface area contributed by atoms with Crippen LogP contribution in [-0.2, 0) is 6.54 Å². The van der Waals surface area contributed by atoms with Crippen LogP contribution < -0.4 is 5.73 Å². The molecule has 1 aromatic heterocycles. The predicted molar refractivity (Wildman–Crippen MR) is 79.8 cm³/mol. The third-order valence-electron chi connectivity index (χ3n) is 3.98. The van der Waals surface area contributed by atoms with Crippen molar-refractivity contribution in [1.29, 1.82) is 0 Å². The molecule has 5 heteroatoms. The van der Waals surface area contributed by atoms with Gasteiger partial charge in [0, 0.05) is 18.3 Å². The molecule has 4 nitrogen and oxygen atoms in total. The minimum atomic E-state index is -0.149. The molecule has 3 rings (SSSR count). The van der Waals surface area contributed by atoms with Crippen molar-refractivity contribution in [2.45, 2.75) is 31.8 Å². The number of nitrogens with two attached hydrogens (primary N) is 1. The second kappa shape index (κ2) is 6.18. The largest absolute Gasteiger partial charge is 0.368 e. The van der Waals surface area contributed by atoms with Crippen molar-refractivity contribution in [2.75, 3.05) is 12.3 Å². The first-order valence-electron chi connectivity index (χ1n) is 7.30. The number of likely N-dealkylation sites (tertiary alicyclic amines) is 1. The van der Waals surface area contributed by atoms with E-state index in [-0.39, 0.29) is 11.9 Å². The van der Waals surface area contributed by atoms with E-state index in [1.54, 1.807) is 12.3 Å². The van der Waals surface area contributed by atoms with Crippen molar-refractivity contribution >= 4 is 5.95 Å². The lowest BCUT2D eigenvalue weighted by atomic mass is 9.98. The van der Waals surface area contributed by atoms with E-state index in [1.807, 2.05) is 18.2 Å². The zero-order valence-corrected chi connectivity index (χ0v) is 11.9. The van der Waals surface area contributed by atoms with Crippen LogP contribution in [0.25, 0.3) is 0 Å². The Morgan fingerprint density at radius 2 is 2.10 bits per heavy atom. The normalized spacial score (nSPS) is 19.6. The molecule has 0 aliphatic carbocycles. The number of rotatable bonds is 3. The van der Waals surface area contributed by atoms with Gasteiger partial charge in [0.05, 0.1) is 11.7 Å². The molecule has 1 atom stereocenters. The fraction of sp³-hybridized carbons (Fsp3) is 0.375. The highest BCUT2D eigenvalue weighted by Gasteiger charge is 2.25. The summed E-state index contributed by atoms with van der Waals surface area (Å²) in [5.41, 5.74) is 7.34. The van der Waals surface area contributed by atoms with Gasteiger partial charge in [0.2, 0.25) is 5.95 Å². The van der Waals surface area contributed by atoms with Crippen LogP contribution in [-0.4, -0.2) is 21.4 Å². The number of hydrogen-bond acceptors (Lipinski definition) is 4. The number of nitrogen functional groups attached to an aromatic ring is 1. The van der Waals surface area contributed by atoms with E-state index in [0.717, 1.165) is 37.1 Å². The maximum atomic E-state index is 13.9. The lowest BCUT2D eigenvalue weighted by molar-refractivity contribution is 0.135. The summed E-state index contributed by atoms with van der Waals surface area (Å²) in [6.45, 7) is 1.55. The maximum absolute atomic E-state index is 13.9. The number of hydrogen-bond donors (Lipinski definition) is 1. The molecule has 0 amide bonds. The Morgan fingerprint density at radius 1 is 1.24 bits per heavy atom. The third-order valence-corrected chi connectivity index (χ3v) is 3.98. The first kappa shape index (κ1) is 13.9. The molecule has 2 heterocycles. The lowest BCUT2D eigenvalue weighted by Gasteiger charge is -2.35. The van der Waals surface area contributed by atoms with Crippen molar-refractivity contribution in [3.63, 3.8) is 0 Å². The van der Waals surface area contributed by atoms with Crippen LogP contribution in [0.5, 0.6) is 0 Å². The Kier molecular flexibility index (Phi) is 4.10. The zero-order valence-electron chi connectivity index (χ0n) is 11.9. The Hall–Kier alpha value is -2.01. The number of nitrogens with zero attached hydrogens (tertiary/aromatic N) is 3. The Morgan fingerprint density at radius 3 is 2.90 bits per heavy atom. The zero-order chi connectivity index (χ0) is 14.7. The van der Waals surface area contributed by atoms with Gasteiger partial charge in [-0.3, -0.25) is 4.90 Å². The molecule has 0 radical (unpaired) electrons. The summed E-state index contributed by atoms with van der Waals surface area (Å²) in [6, 6.07) is 9.04. The van der Waals surface area contributed by atoms with E-state index in [9.17, 15) is 4.39 Å². The monoisotopic (exact) mass is 286 g/mol. The average molecular weight is 286 g/mol. The Labute approximate surface area is 123 Å². The summed E-state index contributed by atoms with van der Waals surface area (Å²) in [5, 5.41) is 0. The molecule has 0 saturated carbocycles. The second-order valence-corrected chi connectivity index (χ2v) is 5.41. The highest BCUT2D eigenvalue weighted by Crippen LogP contribution is 2.31. The topological polar surface area (TPSA) is 55.0 Å². The SMILES string of the molecule is Nc1nccc([C@H]2CCCCN2Cc2ccccc2F)n1. The van der Waals surface area contributed by atoms with Gasteiger partial charge in [0.1, 0.15) is 5.82 Å². The molecular weight excluding hydrogens is 267 g/mol. The van der Waals surface area contributed by atoms with Crippen LogP contribution in [0.1, 0.15) is 36.6 Å². The van der Waals surface area contributed by atoms with Crippen LogP contribution in [0, 0.1) is 5.82 Å².